The highest BCUT2D eigenvalue weighted by Crippen LogP contribution is 2.63. The molecule has 7 unspecified atom stereocenters. The van der Waals surface area contributed by atoms with Crippen LogP contribution in [-0.4, -0.2) is 36.5 Å². The number of hydrogen-bond acceptors (Lipinski definition) is 3. The number of aliphatic hydroxyl groups excluding tert-OH is 2. The molecule has 3 aliphatic carbocycles. The van der Waals surface area contributed by atoms with E-state index in [0.29, 0.717) is 17.3 Å². The Balaban J connectivity index is 1.90. The first kappa shape index (κ1) is 18.4. The molecule has 24 heavy (non-hydrogen) atoms. The lowest BCUT2D eigenvalue weighted by molar-refractivity contribution is -0.0929. The third kappa shape index (κ3) is 2.77. The quantitative estimate of drug-likeness (QED) is 0.691. The lowest BCUT2D eigenvalue weighted by Crippen LogP contribution is -2.53. The summed E-state index contributed by atoms with van der Waals surface area (Å²) in [5.74, 6) is 2.25. The fraction of sp³-hybridized carbons (Fsp3) is 0.905. The fourth-order valence-corrected chi connectivity index (χ4v) is 6.70. The Morgan fingerprint density at radius 3 is 2.58 bits per heavy atom. The monoisotopic (exact) mass is 335 g/mol. The van der Waals surface area contributed by atoms with Gasteiger partial charge in [0.25, 0.3) is 0 Å². The van der Waals surface area contributed by atoms with Crippen LogP contribution in [0.2, 0.25) is 0 Å². The zero-order valence-electron chi connectivity index (χ0n) is 15.9. The van der Waals surface area contributed by atoms with Crippen LogP contribution in [0.25, 0.3) is 0 Å². The molecule has 3 saturated carbocycles. The van der Waals surface area contributed by atoms with Crippen LogP contribution < -0.4 is 5.32 Å². The van der Waals surface area contributed by atoms with Crippen LogP contribution in [0.3, 0.4) is 0 Å². The number of rotatable bonds is 4. The lowest BCUT2D eigenvalue weighted by atomic mass is 9.49. The third-order valence-corrected chi connectivity index (χ3v) is 8.40. The Kier molecular flexibility index (Phi) is 5.17. The number of allylic oxidation sites excluding steroid dienone is 1. The van der Waals surface area contributed by atoms with Gasteiger partial charge in [0, 0.05) is 6.61 Å². The zero-order chi connectivity index (χ0) is 17.5. The molecule has 3 N–H and O–H groups in total. The van der Waals surface area contributed by atoms with E-state index in [1.165, 1.54) is 31.3 Å². The Morgan fingerprint density at radius 2 is 1.92 bits per heavy atom. The molecular weight excluding hydrogens is 298 g/mol. The number of fused-ring (bicyclic) bond motifs is 1. The predicted octanol–water partition coefficient (Wildman–Crippen LogP) is 3.36. The van der Waals surface area contributed by atoms with Crippen molar-refractivity contribution in [3.63, 3.8) is 0 Å². The smallest absolute Gasteiger partial charge is 0.0544 e. The summed E-state index contributed by atoms with van der Waals surface area (Å²) in [6, 6.07) is 0. The highest BCUT2D eigenvalue weighted by atomic mass is 16.3. The van der Waals surface area contributed by atoms with E-state index in [0.717, 1.165) is 31.7 Å². The van der Waals surface area contributed by atoms with Gasteiger partial charge in [-0.15, -0.1) is 0 Å². The molecule has 0 aliphatic heterocycles. The Morgan fingerprint density at radius 1 is 1.17 bits per heavy atom. The van der Waals surface area contributed by atoms with Gasteiger partial charge in [0.15, 0.2) is 0 Å². The van der Waals surface area contributed by atoms with Crippen LogP contribution in [-0.2, 0) is 0 Å². The first-order valence-electron chi connectivity index (χ1n) is 9.98. The lowest BCUT2D eigenvalue weighted by Gasteiger charge is -2.56. The maximum Gasteiger partial charge on any atom is 0.0544 e. The molecule has 3 heteroatoms. The van der Waals surface area contributed by atoms with Crippen molar-refractivity contribution < 1.29 is 10.2 Å². The zero-order valence-corrected chi connectivity index (χ0v) is 15.9. The van der Waals surface area contributed by atoms with E-state index in [1.807, 2.05) is 0 Å². The van der Waals surface area contributed by atoms with Crippen molar-refractivity contribution in [2.75, 3.05) is 20.2 Å². The standard InChI is InChI=1S/C21H37NO2/c1-14-5-6-18-17(12-22-4)19(8-10-20(14,18)2)21(3)9-7-16(24)11-15(21)13-23/h15-19,22-24H,1,5-13H2,2-4H3. The minimum absolute atomic E-state index is 0.154. The number of hydrogen-bond donors (Lipinski definition) is 3. The van der Waals surface area contributed by atoms with Gasteiger partial charge in [-0.05, 0) is 93.0 Å². The molecule has 0 saturated heterocycles. The van der Waals surface area contributed by atoms with Gasteiger partial charge >= 0.3 is 0 Å². The molecule has 0 radical (unpaired) electrons. The molecule has 0 spiro atoms. The molecule has 0 aromatic heterocycles. The highest BCUT2D eigenvalue weighted by Gasteiger charge is 2.56. The molecule has 3 rings (SSSR count). The Bertz CT molecular complexity index is 478. The molecule has 138 valence electrons. The third-order valence-electron chi connectivity index (χ3n) is 8.40. The molecule has 0 bridgehead atoms. The van der Waals surface area contributed by atoms with Gasteiger partial charge in [0.1, 0.15) is 0 Å². The first-order valence-corrected chi connectivity index (χ1v) is 9.98. The van der Waals surface area contributed by atoms with Crippen molar-refractivity contribution in [3.05, 3.63) is 12.2 Å². The van der Waals surface area contributed by atoms with Crippen molar-refractivity contribution in [1.29, 1.82) is 0 Å². The maximum absolute atomic E-state index is 10.1. The van der Waals surface area contributed by atoms with Gasteiger partial charge < -0.3 is 15.5 Å². The SMILES string of the molecule is C=C1CCC2C(CNC)C(C3(C)CCC(O)CC3CO)CCC12C. The van der Waals surface area contributed by atoms with Gasteiger partial charge in [0.05, 0.1) is 6.10 Å². The van der Waals surface area contributed by atoms with Crippen LogP contribution in [0.5, 0.6) is 0 Å². The average molecular weight is 336 g/mol. The van der Waals surface area contributed by atoms with Crippen LogP contribution in [0.1, 0.15) is 58.8 Å². The molecule has 3 fully saturated rings. The van der Waals surface area contributed by atoms with Crippen molar-refractivity contribution in [2.45, 2.75) is 64.9 Å². The maximum atomic E-state index is 10.1. The largest absolute Gasteiger partial charge is 0.396 e. The van der Waals surface area contributed by atoms with Crippen LogP contribution in [0.15, 0.2) is 12.2 Å². The first-order chi connectivity index (χ1) is 11.4. The average Bonchev–Trinajstić information content (AvgIpc) is 2.86. The van der Waals surface area contributed by atoms with Crippen molar-refractivity contribution in [2.24, 2.45) is 34.5 Å². The van der Waals surface area contributed by atoms with Crippen molar-refractivity contribution in [1.82, 2.24) is 5.32 Å². The van der Waals surface area contributed by atoms with Crippen molar-refractivity contribution >= 4 is 0 Å². The summed E-state index contributed by atoms with van der Waals surface area (Å²) < 4.78 is 0. The number of aliphatic hydroxyl groups is 2. The van der Waals surface area contributed by atoms with Crippen molar-refractivity contribution in [3.8, 4) is 0 Å². The Labute approximate surface area is 147 Å². The molecule has 0 aromatic carbocycles. The molecule has 7 atom stereocenters. The summed E-state index contributed by atoms with van der Waals surface area (Å²) in [7, 11) is 2.07. The normalized spacial score (nSPS) is 49.2. The summed E-state index contributed by atoms with van der Waals surface area (Å²) >= 11 is 0. The minimum Gasteiger partial charge on any atom is -0.396 e. The molecule has 0 heterocycles. The summed E-state index contributed by atoms with van der Waals surface area (Å²) in [5.41, 5.74) is 1.94. The topological polar surface area (TPSA) is 52.5 Å². The van der Waals surface area contributed by atoms with E-state index in [1.54, 1.807) is 0 Å². The van der Waals surface area contributed by atoms with Gasteiger partial charge in [-0.3, -0.25) is 0 Å². The van der Waals surface area contributed by atoms with Gasteiger partial charge in [-0.1, -0.05) is 26.0 Å². The molecule has 0 aromatic rings. The van der Waals surface area contributed by atoms with Gasteiger partial charge in [-0.25, -0.2) is 0 Å². The van der Waals surface area contributed by atoms with Crippen LogP contribution in [0.4, 0.5) is 0 Å². The molecule has 0 amide bonds. The second-order valence-corrected chi connectivity index (χ2v) is 9.35. The number of nitrogens with one attached hydrogen (secondary N) is 1. The van der Waals surface area contributed by atoms with Crippen LogP contribution >= 0.6 is 0 Å². The van der Waals surface area contributed by atoms with E-state index in [4.69, 9.17) is 0 Å². The highest BCUT2D eigenvalue weighted by molar-refractivity contribution is 5.21. The van der Waals surface area contributed by atoms with Gasteiger partial charge in [0.2, 0.25) is 0 Å². The molecule has 3 aliphatic rings. The summed E-state index contributed by atoms with van der Waals surface area (Å²) in [4.78, 5) is 0. The van der Waals surface area contributed by atoms with E-state index in [-0.39, 0.29) is 24.0 Å². The van der Waals surface area contributed by atoms with E-state index >= 15 is 0 Å². The van der Waals surface area contributed by atoms with Crippen LogP contribution in [0, 0.1) is 34.5 Å². The van der Waals surface area contributed by atoms with E-state index < -0.39 is 0 Å². The van der Waals surface area contributed by atoms with Gasteiger partial charge in [-0.2, -0.15) is 0 Å². The second-order valence-electron chi connectivity index (χ2n) is 9.35. The minimum atomic E-state index is -0.224. The summed E-state index contributed by atoms with van der Waals surface area (Å²) in [5, 5.41) is 23.6. The van der Waals surface area contributed by atoms with E-state index in [9.17, 15) is 10.2 Å². The predicted molar refractivity (Wildman–Crippen MR) is 98.7 cm³/mol. The Hall–Kier alpha value is -0.380. The van der Waals surface area contributed by atoms with E-state index in [2.05, 4.69) is 32.8 Å². The summed E-state index contributed by atoms with van der Waals surface area (Å²) in [6.07, 6.45) is 7.44. The fourth-order valence-electron chi connectivity index (χ4n) is 6.70. The summed E-state index contributed by atoms with van der Waals surface area (Å²) in [6.45, 7) is 10.5. The molecular formula is C21H37NO2. The second kappa shape index (κ2) is 6.74. The molecule has 3 nitrogen and oxygen atoms in total.